The maximum Gasteiger partial charge on any atom is 0.0905 e. The van der Waals surface area contributed by atoms with Crippen molar-refractivity contribution in [2.24, 2.45) is 5.73 Å². The average Bonchev–Trinajstić information content (AvgIpc) is 2.66. The van der Waals surface area contributed by atoms with Gasteiger partial charge in [-0.1, -0.05) is 36.4 Å². The molecule has 4 rings (SSSR count). The van der Waals surface area contributed by atoms with E-state index in [1.54, 1.807) is 18.6 Å². The van der Waals surface area contributed by atoms with Crippen LogP contribution in [0.2, 0.25) is 0 Å². The highest BCUT2D eigenvalue weighted by Gasteiger charge is 2.12. The third-order valence-corrected chi connectivity index (χ3v) is 4.29. The average molecular weight is 314 g/mol. The number of anilines is 1. The first kappa shape index (κ1) is 14.6. The highest BCUT2D eigenvalue weighted by atomic mass is 14.9. The van der Waals surface area contributed by atoms with E-state index in [4.69, 9.17) is 5.73 Å². The minimum Gasteiger partial charge on any atom is -0.376 e. The van der Waals surface area contributed by atoms with Crippen molar-refractivity contribution in [3.8, 4) is 0 Å². The van der Waals surface area contributed by atoms with E-state index in [0.29, 0.717) is 6.54 Å². The van der Waals surface area contributed by atoms with Gasteiger partial charge in [0, 0.05) is 30.0 Å². The first-order valence-electron chi connectivity index (χ1n) is 7.99. The zero-order valence-electron chi connectivity index (χ0n) is 13.2. The Morgan fingerprint density at radius 2 is 1.83 bits per heavy atom. The van der Waals surface area contributed by atoms with Crippen LogP contribution in [0.3, 0.4) is 0 Å². The molecule has 0 radical (unpaired) electrons. The summed E-state index contributed by atoms with van der Waals surface area (Å²) in [5, 5.41) is 7.06. The molecule has 0 amide bonds. The van der Waals surface area contributed by atoms with E-state index in [-0.39, 0.29) is 6.04 Å². The van der Waals surface area contributed by atoms with Crippen molar-refractivity contribution in [3.05, 3.63) is 78.8 Å². The lowest BCUT2D eigenvalue weighted by atomic mass is 10.0. The second-order valence-electron chi connectivity index (χ2n) is 5.79. The molecule has 1 atom stereocenters. The molecule has 2 aromatic heterocycles. The van der Waals surface area contributed by atoms with Gasteiger partial charge in [0.05, 0.1) is 17.8 Å². The topological polar surface area (TPSA) is 63.8 Å². The largest absolute Gasteiger partial charge is 0.376 e. The summed E-state index contributed by atoms with van der Waals surface area (Å²) in [6.07, 6.45) is 5.34. The maximum atomic E-state index is 6.05. The summed E-state index contributed by atoms with van der Waals surface area (Å²) >= 11 is 0. The van der Waals surface area contributed by atoms with Gasteiger partial charge in [0.2, 0.25) is 0 Å². The number of hydrogen-bond donors (Lipinski definition) is 2. The summed E-state index contributed by atoms with van der Waals surface area (Å²) in [4.78, 5) is 8.49. The van der Waals surface area contributed by atoms with Crippen LogP contribution in [0.1, 0.15) is 11.6 Å². The number of fused-ring (bicyclic) bond motifs is 2. The van der Waals surface area contributed by atoms with Crippen molar-refractivity contribution in [1.82, 2.24) is 9.97 Å². The number of nitrogens with zero attached hydrogens (tertiary/aromatic N) is 2. The SMILES string of the molecule is NCC(Nc1ccnc2cnccc12)c1ccc2ccccc2c1. The third kappa shape index (κ3) is 2.68. The molecule has 24 heavy (non-hydrogen) atoms. The summed E-state index contributed by atoms with van der Waals surface area (Å²) in [6, 6.07) is 18.8. The van der Waals surface area contributed by atoms with E-state index < -0.39 is 0 Å². The van der Waals surface area contributed by atoms with Crippen molar-refractivity contribution in [1.29, 1.82) is 0 Å². The van der Waals surface area contributed by atoms with Crippen LogP contribution in [0.4, 0.5) is 5.69 Å². The molecular weight excluding hydrogens is 296 g/mol. The fraction of sp³-hybridized carbons (Fsp3) is 0.100. The summed E-state index contributed by atoms with van der Waals surface area (Å²) in [7, 11) is 0. The van der Waals surface area contributed by atoms with E-state index in [1.807, 2.05) is 12.1 Å². The predicted molar refractivity (Wildman–Crippen MR) is 98.9 cm³/mol. The number of pyridine rings is 2. The zero-order valence-corrected chi connectivity index (χ0v) is 13.2. The van der Waals surface area contributed by atoms with Gasteiger partial charge in [0.15, 0.2) is 0 Å². The summed E-state index contributed by atoms with van der Waals surface area (Å²) in [6.45, 7) is 0.507. The highest BCUT2D eigenvalue weighted by Crippen LogP contribution is 2.26. The van der Waals surface area contributed by atoms with E-state index in [9.17, 15) is 0 Å². The number of rotatable bonds is 4. The predicted octanol–water partition coefficient (Wildman–Crippen LogP) is 3.89. The number of aromatic nitrogens is 2. The van der Waals surface area contributed by atoms with Gasteiger partial charge in [0.25, 0.3) is 0 Å². The van der Waals surface area contributed by atoms with Crippen molar-refractivity contribution >= 4 is 27.4 Å². The molecule has 0 bridgehead atoms. The molecule has 1 unspecified atom stereocenters. The lowest BCUT2D eigenvalue weighted by molar-refractivity contribution is 0.792. The van der Waals surface area contributed by atoms with Gasteiger partial charge in [-0.3, -0.25) is 9.97 Å². The molecule has 4 nitrogen and oxygen atoms in total. The second-order valence-corrected chi connectivity index (χ2v) is 5.79. The van der Waals surface area contributed by atoms with Gasteiger partial charge >= 0.3 is 0 Å². The standard InChI is InChI=1S/C20H18N4/c21-12-19(16-6-5-14-3-1-2-4-15(14)11-16)24-18-8-10-23-20-13-22-9-7-17(18)20/h1-11,13,19H,12,21H2,(H,23,24). The van der Waals surface area contributed by atoms with Gasteiger partial charge in [-0.2, -0.15) is 0 Å². The summed E-state index contributed by atoms with van der Waals surface area (Å²) in [5.74, 6) is 0. The molecule has 4 aromatic rings. The van der Waals surface area contributed by atoms with Crippen LogP contribution in [0, 0.1) is 0 Å². The Labute approximate surface area is 140 Å². The Balaban J connectivity index is 1.72. The minimum absolute atomic E-state index is 0.0355. The molecule has 0 aliphatic rings. The number of benzene rings is 2. The Kier molecular flexibility index (Phi) is 3.81. The first-order valence-corrected chi connectivity index (χ1v) is 7.99. The van der Waals surface area contributed by atoms with Gasteiger partial charge in [-0.25, -0.2) is 0 Å². The van der Waals surface area contributed by atoms with Crippen molar-refractivity contribution in [3.63, 3.8) is 0 Å². The van der Waals surface area contributed by atoms with Crippen LogP contribution in [0.25, 0.3) is 21.7 Å². The smallest absolute Gasteiger partial charge is 0.0905 e. The van der Waals surface area contributed by atoms with Gasteiger partial charge < -0.3 is 11.1 Å². The summed E-state index contributed by atoms with van der Waals surface area (Å²) in [5.41, 5.74) is 9.12. The third-order valence-electron chi connectivity index (χ3n) is 4.29. The van der Waals surface area contributed by atoms with Crippen molar-refractivity contribution in [2.45, 2.75) is 6.04 Å². The molecule has 3 N–H and O–H groups in total. The Hall–Kier alpha value is -2.98. The quantitative estimate of drug-likeness (QED) is 0.600. The molecule has 0 spiro atoms. The molecule has 2 aromatic carbocycles. The Morgan fingerprint density at radius 3 is 2.71 bits per heavy atom. The number of nitrogens with two attached hydrogens (primary N) is 1. The molecule has 0 aliphatic heterocycles. The number of hydrogen-bond acceptors (Lipinski definition) is 4. The van der Waals surface area contributed by atoms with E-state index >= 15 is 0 Å². The fourth-order valence-electron chi connectivity index (χ4n) is 3.02. The van der Waals surface area contributed by atoms with Crippen molar-refractivity contribution in [2.75, 3.05) is 11.9 Å². The molecule has 0 saturated heterocycles. The Bertz CT molecular complexity index is 991. The normalized spacial score (nSPS) is 12.4. The summed E-state index contributed by atoms with van der Waals surface area (Å²) < 4.78 is 0. The van der Waals surface area contributed by atoms with E-state index in [1.165, 1.54) is 16.3 Å². The second kappa shape index (κ2) is 6.26. The molecule has 118 valence electrons. The van der Waals surface area contributed by atoms with Crippen LogP contribution in [-0.2, 0) is 0 Å². The van der Waals surface area contributed by atoms with Gasteiger partial charge in [0.1, 0.15) is 0 Å². The van der Waals surface area contributed by atoms with Crippen LogP contribution in [0.15, 0.2) is 73.2 Å². The molecule has 4 heteroatoms. The van der Waals surface area contributed by atoms with E-state index in [0.717, 1.165) is 16.6 Å². The van der Waals surface area contributed by atoms with Crippen LogP contribution in [-0.4, -0.2) is 16.5 Å². The van der Waals surface area contributed by atoms with Crippen LogP contribution < -0.4 is 11.1 Å². The molecule has 2 heterocycles. The fourth-order valence-corrected chi connectivity index (χ4v) is 3.02. The first-order chi connectivity index (χ1) is 11.8. The lowest BCUT2D eigenvalue weighted by Gasteiger charge is -2.20. The van der Waals surface area contributed by atoms with Crippen molar-refractivity contribution < 1.29 is 0 Å². The van der Waals surface area contributed by atoms with Gasteiger partial charge in [-0.05, 0) is 34.5 Å². The van der Waals surface area contributed by atoms with E-state index in [2.05, 4.69) is 57.7 Å². The maximum absolute atomic E-state index is 6.05. The molecule has 0 fully saturated rings. The molecular formula is C20H18N4. The number of nitrogens with one attached hydrogen (secondary N) is 1. The van der Waals surface area contributed by atoms with Crippen LogP contribution >= 0.6 is 0 Å². The Morgan fingerprint density at radius 1 is 0.958 bits per heavy atom. The van der Waals surface area contributed by atoms with Crippen LogP contribution in [0.5, 0.6) is 0 Å². The minimum atomic E-state index is 0.0355. The highest BCUT2D eigenvalue weighted by molar-refractivity contribution is 5.90. The monoisotopic (exact) mass is 314 g/mol. The zero-order chi connectivity index (χ0) is 16.4. The van der Waals surface area contributed by atoms with Gasteiger partial charge in [-0.15, -0.1) is 0 Å². The lowest BCUT2D eigenvalue weighted by Crippen LogP contribution is -2.20. The molecule has 0 saturated carbocycles. The molecule has 0 aliphatic carbocycles.